The van der Waals surface area contributed by atoms with E-state index in [0.717, 1.165) is 16.7 Å². The number of hydrogen-bond donors (Lipinski definition) is 1. The molecule has 0 spiro atoms. The summed E-state index contributed by atoms with van der Waals surface area (Å²) in [4.78, 5) is 15.3. The summed E-state index contributed by atoms with van der Waals surface area (Å²) in [5.41, 5.74) is 3.00. The standard InChI is InChI=1S/C19H15NO3/c21-19(22)17-8-4-7-15(11-17)16-9-10-20-18(12-16)23-13-14-5-2-1-3-6-14/h1-12H,13H2,(H,21,22). The van der Waals surface area contributed by atoms with E-state index < -0.39 is 5.97 Å². The van der Waals surface area contributed by atoms with Crippen LogP contribution >= 0.6 is 0 Å². The van der Waals surface area contributed by atoms with Crippen molar-refractivity contribution in [2.75, 3.05) is 0 Å². The topological polar surface area (TPSA) is 59.4 Å². The molecule has 0 radical (unpaired) electrons. The van der Waals surface area contributed by atoms with E-state index >= 15 is 0 Å². The molecule has 1 N–H and O–H groups in total. The van der Waals surface area contributed by atoms with Gasteiger partial charge in [0.2, 0.25) is 5.88 Å². The van der Waals surface area contributed by atoms with Crippen LogP contribution in [0.1, 0.15) is 15.9 Å². The quantitative estimate of drug-likeness (QED) is 0.773. The van der Waals surface area contributed by atoms with Crippen molar-refractivity contribution in [2.45, 2.75) is 6.61 Å². The molecule has 23 heavy (non-hydrogen) atoms. The number of hydrogen-bond acceptors (Lipinski definition) is 3. The van der Waals surface area contributed by atoms with Crippen LogP contribution in [0.4, 0.5) is 0 Å². The molecule has 0 saturated carbocycles. The second-order valence-corrected chi connectivity index (χ2v) is 5.04. The van der Waals surface area contributed by atoms with E-state index in [1.165, 1.54) is 0 Å². The zero-order valence-electron chi connectivity index (χ0n) is 12.3. The molecule has 0 unspecified atom stereocenters. The fourth-order valence-electron chi connectivity index (χ4n) is 2.23. The van der Waals surface area contributed by atoms with Crippen LogP contribution in [0.15, 0.2) is 72.9 Å². The number of carbonyl (C=O) groups is 1. The first-order chi connectivity index (χ1) is 11.2. The molecule has 114 valence electrons. The van der Waals surface area contributed by atoms with Crippen molar-refractivity contribution < 1.29 is 14.6 Å². The van der Waals surface area contributed by atoms with Gasteiger partial charge in [0, 0.05) is 12.3 Å². The summed E-state index contributed by atoms with van der Waals surface area (Å²) in [6.45, 7) is 0.437. The second kappa shape index (κ2) is 6.75. The van der Waals surface area contributed by atoms with E-state index in [1.807, 2.05) is 48.5 Å². The summed E-state index contributed by atoms with van der Waals surface area (Å²) in [7, 11) is 0. The molecule has 1 heterocycles. The Bertz CT molecular complexity index is 816. The summed E-state index contributed by atoms with van der Waals surface area (Å²) < 4.78 is 5.70. The fraction of sp³-hybridized carbons (Fsp3) is 0.0526. The van der Waals surface area contributed by atoms with Gasteiger partial charge < -0.3 is 9.84 Å². The molecule has 0 aliphatic heterocycles. The number of aromatic carboxylic acids is 1. The molecule has 0 atom stereocenters. The highest BCUT2D eigenvalue weighted by Crippen LogP contribution is 2.23. The number of carboxylic acid groups (broad SMARTS) is 1. The first-order valence-corrected chi connectivity index (χ1v) is 7.19. The predicted molar refractivity (Wildman–Crippen MR) is 87.4 cm³/mol. The van der Waals surface area contributed by atoms with Gasteiger partial charge in [0.1, 0.15) is 6.61 Å². The van der Waals surface area contributed by atoms with Crippen LogP contribution in [0.5, 0.6) is 5.88 Å². The molecule has 3 aromatic rings. The Hall–Kier alpha value is -3.14. The van der Waals surface area contributed by atoms with Crippen molar-refractivity contribution in [3.63, 3.8) is 0 Å². The average Bonchev–Trinajstić information content (AvgIpc) is 2.61. The number of ether oxygens (including phenoxy) is 1. The molecule has 0 saturated heterocycles. The van der Waals surface area contributed by atoms with Crippen LogP contribution in [-0.2, 0) is 6.61 Å². The largest absolute Gasteiger partial charge is 0.478 e. The van der Waals surface area contributed by atoms with E-state index in [0.29, 0.717) is 12.5 Å². The zero-order valence-corrected chi connectivity index (χ0v) is 12.3. The highest BCUT2D eigenvalue weighted by molar-refractivity contribution is 5.89. The Balaban J connectivity index is 1.80. The molecule has 0 bridgehead atoms. The van der Waals surface area contributed by atoms with Crippen LogP contribution < -0.4 is 4.74 Å². The van der Waals surface area contributed by atoms with Crippen molar-refractivity contribution in [2.24, 2.45) is 0 Å². The van der Waals surface area contributed by atoms with Crippen molar-refractivity contribution in [1.29, 1.82) is 0 Å². The zero-order chi connectivity index (χ0) is 16.1. The Kier molecular flexibility index (Phi) is 4.34. The van der Waals surface area contributed by atoms with Gasteiger partial charge in [0.15, 0.2) is 0 Å². The number of nitrogens with zero attached hydrogens (tertiary/aromatic N) is 1. The minimum atomic E-state index is -0.943. The van der Waals surface area contributed by atoms with Gasteiger partial charge in [0.05, 0.1) is 5.56 Å². The van der Waals surface area contributed by atoms with E-state index in [1.54, 1.807) is 24.4 Å². The lowest BCUT2D eigenvalue weighted by Crippen LogP contribution is -1.98. The molecular weight excluding hydrogens is 290 g/mol. The maximum atomic E-state index is 11.1. The monoisotopic (exact) mass is 305 g/mol. The fourth-order valence-corrected chi connectivity index (χ4v) is 2.23. The Morgan fingerprint density at radius 3 is 2.52 bits per heavy atom. The molecular formula is C19H15NO3. The number of carboxylic acids is 1. The third kappa shape index (κ3) is 3.74. The van der Waals surface area contributed by atoms with Gasteiger partial charge in [-0.3, -0.25) is 0 Å². The van der Waals surface area contributed by atoms with Crippen molar-refractivity contribution in [3.8, 4) is 17.0 Å². The maximum absolute atomic E-state index is 11.1. The Labute approximate surface area is 134 Å². The normalized spacial score (nSPS) is 10.3. The van der Waals surface area contributed by atoms with Gasteiger partial charge in [-0.2, -0.15) is 0 Å². The molecule has 4 nitrogen and oxygen atoms in total. The van der Waals surface area contributed by atoms with Crippen LogP contribution in [0.25, 0.3) is 11.1 Å². The SMILES string of the molecule is O=C(O)c1cccc(-c2ccnc(OCc3ccccc3)c2)c1. The van der Waals surface area contributed by atoms with Crippen molar-refractivity contribution in [3.05, 3.63) is 84.1 Å². The van der Waals surface area contributed by atoms with Gasteiger partial charge in [-0.15, -0.1) is 0 Å². The average molecular weight is 305 g/mol. The van der Waals surface area contributed by atoms with Crippen LogP contribution in [0.3, 0.4) is 0 Å². The third-order valence-electron chi connectivity index (χ3n) is 3.41. The van der Waals surface area contributed by atoms with E-state index in [9.17, 15) is 4.79 Å². The number of rotatable bonds is 5. The Morgan fingerprint density at radius 2 is 1.74 bits per heavy atom. The van der Waals surface area contributed by atoms with Crippen LogP contribution in [0, 0.1) is 0 Å². The van der Waals surface area contributed by atoms with E-state index in [-0.39, 0.29) is 5.56 Å². The molecule has 2 aromatic carbocycles. The van der Waals surface area contributed by atoms with Crippen LogP contribution in [-0.4, -0.2) is 16.1 Å². The van der Waals surface area contributed by atoms with Gasteiger partial charge in [-0.25, -0.2) is 9.78 Å². The summed E-state index contributed by atoms with van der Waals surface area (Å²) >= 11 is 0. The molecule has 0 aliphatic carbocycles. The highest BCUT2D eigenvalue weighted by atomic mass is 16.5. The van der Waals surface area contributed by atoms with Gasteiger partial charge in [-0.05, 0) is 34.9 Å². The smallest absolute Gasteiger partial charge is 0.335 e. The number of benzene rings is 2. The third-order valence-corrected chi connectivity index (χ3v) is 3.41. The highest BCUT2D eigenvalue weighted by Gasteiger charge is 2.06. The lowest BCUT2D eigenvalue weighted by molar-refractivity contribution is 0.0697. The minimum Gasteiger partial charge on any atom is -0.478 e. The molecule has 3 rings (SSSR count). The molecule has 0 aliphatic rings. The van der Waals surface area contributed by atoms with Gasteiger partial charge in [0.25, 0.3) is 0 Å². The molecule has 1 aromatic heterocycles. The molecule has 0 amide bonds. The molecule has 4 heteroatoms. The maximum Gasteiger partial charge on any atom is 0.335 e. The summed E-state index contributed by atoms with van der Waals surface area (Å²) in [5, 5.41) is 9.08. The first kappa shape index (κ1) is 14.8. The van der Waals surface area contributed by atoms with Crippen molar-refractivity contribution in [1.82, 2.24) is 4.98 Å². The van der Waals surface area contributed by atoms with Crippen LogP contribution in [0.2, 0.25) is 0 Å². The summed E-state index contributed by atoms with van der Waals surface area (Å²) in [6, 6.07) is 20.3. The van der Waals surface area contributed by atoms with Gasteiger partial charge in [-0.1, -0.05) is 42.5 Å². The van der Waals surface area contributed by atoms with E-state index in [4.69, 9.17) is 9.84 Å². The Morgan fingerprint density at radius 1 is 0.957 bits per heavy atom. The van der Waals surface area contributed by atoms with Gasteiger partial charge >= 0.3 is 5.97 Å². The number of aromatic nitrogens is 1. The van der Waals surface area contributed by atoms with E-state index in [2.05, 4.69) is 4.98 Å². The second-order valence-electron chi connectivity index (χ2n) is 5.04. The lowest BCUT2D eigenvalue weighted by Gasteiger charge is -2.08. The predicted octanol–water partition coefficient (Wildman–Crippen LogP) is 4.03. The summed E-state index contributed by atoms with van der Waals surface area (Å²) in [6.07, 6.45) is 1.66. The van der Waals surface area contributed by atoms with Crippen molar-refractivity contribution >= 4 is 5.97 Å². The minimum absolute atomic E-state index is 0.256. The lowest BCUT2D eigenvalue weighted by atomic mass is 10.0. The molecule has 0 fully saturated rings. The first-order valence-electron chi connectivity index (χ1n) is 7.19. The number of pyridine rings is 1. The summed E-state index contributed by atoms with van der Waals surface area (Å²) in [5.74, 6) is -0.437.